The first-order valence-electron chi connectivity index (χ1n) is 7.94. The summed E-state index contributed by atoms with van der Waals surface area (Å²) in [6, 6.07) is 7.28. The van der Waals surface area contributed by atoms with Gasteiger partial charge in [-0.15, -0.1) is 0 Å². The number of nitrogens with zero attached hydrogens (tertiary/aromatic N) is 3. The molecule has 132 valence electrons. The average molecular weight is 344 g/mol. The van der Waals surface area contributed by atoms with Gasteiger partial charge in [0.15, 0.2) is 5.69 Å². The van der Waals surface area contributed by atoms with Gasteiger partial charge in [-0.05, 0) is 25.3 Å². The Labute approximate surface area is 144 Å². The number of nitro groups is 1. The van der Waals surface area contributed by atoms with Crippen molar-refractivity contribution in [3.8, 4) is 5.69 Å². The molecule has 1 heterocycles. The van der Waals surface area contributed by atoms with Crippen molar-refractivity contribution in [2.45, 2.75) is 27.2 Å². The molecule has 2 rings (SSSR count). The van der Waals surface area contributed by atoms with E-state index in [1.54, 1.807) is 19.1 Å². The zero-order chi connectivity index (χ0) is 18.6. The number of para-hydroxylation sites is 2. The topological polar surface area (TPSA) is 107 Å². The number of hydrogen-bond acceptors (Lipinski definition) is 5. The highest BCUT2D eigenvalue weighted by Gasteiger charge is 2.19. The lowest BCUT2D eigenvalue weighted by Gasteiger charge is -2.12. The summed E-state index contributed by atoms with van der Waals surface area (Å²) in [5.41, 5.74) is -0.367. The summed E-state index contributed by atoms with van der Waals surface area (Å²) in [5.74, 6) is -0.173. The standard InChI is InChI=1S/C17H20N4O4/c1-11(2)8-9-18-17(23)16-15(22)10-12(3)20(19-16)13-6-4-5-7-14(13)21(24)25/h4-7,10-11H,8-9H2,1-3H3,(H,18,23). The first-order valence-corrected chi connectivity index (χ1v) is 7.94. The predicted octanol–water partition coefficient (Wildman–Crippen LogP) is 2.23. The number of amides is 1. The van der Waals surface area contributed by atoms with Gasteiger partial charge in [0.1, 0.15) is 5.69 Å². The van der Waals surface area contributed by atoms with E-state index in [0.717, 1.165) is 6.42 Å². The van der Waals surface area contributed by atoms with Crippen LogP contribution in [0.2, 0.25) is 0 Å². The molecule has 1 aromatic heterocycles. The number of hydrogen-bond donors (Lipinski definition) is 1. The Morgan fingerprint density at radius 3 is 2.68 bits per heavy atom. The van der Waals surface area contributed by atoms with Gasteiger partial charge >= 0.3 is 0 Å². The number of carbonyl (C=O) groups is 1. The van der Waals surface area contributed by atoms with E-state index < -0.39 is 16.3 Å². The fraction of sp³-hybridized carbons (Fsp3) is 0.353. The van der Waals surface area contributed by atoms with E-state index in [9.17, 15) is 19.7 Å². The highest BCUT2D eigenvalue weighted by Crippen LogP contribution is 2.22. The van der Waals surface area contributed by atoms with Crippen LogP contribution in [0.3, 0.4) is 0 Å². The van der Waals surface area contributed by atoms with Crippen molar-refractivity contribution in [3.05, 3.63) is 62.1 Å². The maximum Gasteiger partial charge on any atom is 0.294 e. The van der Waals surface area contributed by atoms with Crippen LogP contribution in [0.15, 0.2) is 35.1 Å². The number of aryl methyl sites for hydroxylation is 1. The van der Waals surface area contributed by atoms with Gasteiger partial charge in [-0.3, -0.25) is 19.7 Å². The zero-order valence-corrected chi connectivity index (χ0v) is 14.4. The Balaban J connectivity index is 2.44. The molecule has 0 saturated heterocycles. The minimum atomic E-state index is -0.585. The van der Waals surface area contributed by atoms with E-state index >= 15 is 0 Å². The number of benzene rings is 1. The molecule has 0 bridgehead atoms. The Bertz CT molecular complexity index is 858. The SMILES string of the molecule is Cc1cc(=O)c(C(=O)NCCC(C)C)nn1-c1ccccc1[N+](=O)[O-]. The van der Waals surface area contributed by atoms with Gasteiger partial charge in [-0.25, -0.2) is 4.68 Å². The molecule has 0 atom stereocenters. The quantitative estimate of drug-likeness (QED) is 0.638. The molecule has 2 aromatic rings. The predicted molar refractivity (Wildman–Crippen MR) is 93.0 cm³/mol. The van der Waals surface area contributed by atoms with Crippen molar-refractivity contribution in [1.29, 1.82) is 0 Å². The molecule has 0 aliphatic rings. The molecule has 0 spiro atoms. The maximum absolute atomic E-state index is 12.2. The van der Waals surface area contributed by atoms with Gasteiger partial charge in [0.05, 0.1) is 4.92 Å². The van der Waals surface area contributed by atoms with Crippen molar-refractivity contribution in [1.82, 2.24) is 15.1 Å². The van der Waals surface area contributed by atoms with Crippen molar-refractivity contribution < 1.29 is 9.72 Å². The second-order valence-corrected chi connectivity index (χ2v) is 6.09. The summed E-state index contributed by atoms with van der Waals surface area (Å²) in [6.45, 7) is 6.08. The van der Waals surface area contributed by atoms with E-state index in [1.807, 2.05) is 13.8 Å². The summed E-state index contributed by atoms with van der Waals surface area (Å²) in [5, 5.41) is 17.9. The number of nitrogens with one attached hydrogen (secondary N) is 1. The molecule has 8 nitrogen and oxygen atoms in total. The fourth-order valence-corrected chi connectivity index (χ4v) is 2.30. The number of aromatic nitrogens is 2. The summed E-state index contributed by atoms with van der Waals surface area (Å²) in [4.78, 5) is 35.0. The third-order valence-electron chi connectivity index (χ3n) is 3.64. The second-order valence-electron chi connectivity index (χ2n) is 6.09. The lowest BCUT2D eigenvalue weighted by Crippen LogP contribution is -2.33. The van der Waals surface area contributed by atoms with E-state index in [1.165, 1.54) is 22.9 Å². The average Bonchev–Trinajstić information content (AvgIpc) is 2.54. The van der Waals surface area contributed by atoms with Crippen LogP contribution in [0.5, 0.6) is 0 Å². The molecule has 0 unspecified atom stereocenters. The highest BCUT2D eigenvalue weighted by atomic mass is 16.6. The third-order valence-corrected chi connectivity index (χ3v) is 3.64. The first-order chi connectivity index (χ1) is 11.8. The van der Waals surface area contributed by atoms with Crippen LogP contribution in [-0.4, -0.2) is 27.2 Å². The molecule has 0 fully saturated rings. The van der Waals surface area contributed by atoms with Crippen LogP contribution >= 0.6 is 0 Å². The molecular formula is C17H20N4O4. The molecule has 0 aliphatic carbocycles. The smallest absolute Gasteiger partial charge is 0.294 e. The Morgan fingerprint density at radius 2 is 2.04 bits per heavy atom. The highest BCUT2D eigenvalue weighted by molar-refractivity contribution is 5.92. The summed E-state index contributed by atoms with van der Waals surface area (Å²) in [6.07, 6.45) is 0.774. The van der Waals surface area contributed by atoms with Crippen LogP contribution in [0.1, 0.15) is 36.5 Å². The van der Waals surface area contributed by atoms with Gasteiger partial charge in [-0.2, -0.15) is 5.10 Å². The van der Waals surface area contributed by atoms with E-state index in [-0.39, 0.29) is 17.1 Å². The summed E-state index contributed by atoms with van der Waals surface area (Å²) < 4.78 is 1.25. The molecule has 0 saturated carbocycles. The molecule has 0 radical (unpaired) electrons. The fourth-order valence-electron chi connectivity index (χ4n) is 2.30. The van der Waals surface area contributed by atoms with E-state index in [4.69, 9.17) is 0 Å². The normalized spacial score (nSPS) is 10.7. The van der Waals surface area contributed by atoms with Crippen LogP contribution < -0.4 is 10.7 Å². The van der Waals surface area contributed by atoms with E-state index in [2.05, 4.69) is 10.4 Å². The first kappa shape index (κ1) is 18.3. The van der Waals surface area contributed by atoms with Crippen LogP contribution in [0.25, 0.3) is 5.69 Å². The minimum Gasteiger partial charge on any atom is -0.351 e. The van der Waals surface area contributed by atoms with Gasteiger partial charge in [0.25, 0.3) is 11.6 Å². The van der Waals surface area contributed by atoms with E-state index in [0.29, 0.717) is 18.2 Å². The zero-order valence-electron chi connectivity index (χ0n) is 14.4. The molecule has 8 heteroatoms. The minimum absolute atomic E-state index is 0.159. The number of carbonyl (C=O) groups excluding carboxylic acids is 1. The van der Waals surface area contributed by atoms with Crippen molar-refractivity contribution in [2.24, 2.45) is 5.92 Å². The van der Waals surface area contributed by atoms with Gasteiger partial charge in [0.2, 0.25) is 5.43 Å². The van der Waals surface area contributed by atoms with Crippen LogP contribution in [0.4, 0.5) is 5.69 Å². The lowest BCUT2D eigenvalue weighted by atomic mass is 10.1. The lowest BCUT2D eigenvalue weighted by molar-refractivity contribution is -0.384. The third kappa shape index (κ3) is 4.28. The summed E-state index contributed by atoms with van der Waals surface area (Å²) in [7, 11) is 0. The number of nitro benzene ring substituents is 1. The molecule has 0 aliphatic heterocycles. The second kappa shape index (κ2) is 7.69. The van der Waals surface area contributed by atoms with Crippen LogP contribution in [0, 0.1) is 23.0 Å². The number of rotatable bonds is 6. The van der Waals surface area contributed by atoms with Crippen LogP contribution in [-0.2, 0) is 0 Å². The monoisotopic (exact) mass is 344 g/mol. The van der Waals surface area contributed by atoms with Gasteiger partial charge in [-0.1, -0.05) is 26.0 Å². The summed E-state index contributed by atoms with van der Waals surface area (Å²) >= 11 is 0. The molecular weight excluding hydrogens is 324 g/mol. The Morgan fingerprint density at radius 1 is 1.36 bits per heavy atom. The largest absolute Gasteiger partial charge is 0.351 e. The maximum atomic E-state index is 12.2. The van der Waals surface area contributed by atoms with Crippen molar-refractivity contribution in [3.63, 3.8) is 0 Å². The Kier molecular flexibility index (Phi) is 5.63. The van der Waals surface area contributed by atoms with Gasteiger partial charge < -0.3 is 5.32 Å². The molecule has 25 heavy (non-hydrogen) atoms. The molecule has 1 N–H and O–H groups in total. The molecule has 1 aromatic carbocycles. The van der Waals surface area contributed by atoms with Gasteiger partial charge in [0, 0.05) is 24.4 Å². The van der Waals surface area contributed by atoms with Crippen molar-refractivity contribution in [2.75, 3.05) is 6.54 Å². The molecule has 1 amide bonds. The van der Waals surface area contributed by atoms with Crippen molar-refractivity contribution >= 4 is 11.6 Å². The Hall–Kier alpha value is -3.03.